The Morgan fingerprint density at radius 1 is 1.62 bits per heavy atom. The molecule has 16 heavy (non-hydrogen) atoms. The molecular formula is C11H13ClN2OS. The van der Waals surface area contributed by atoms with Crippen LogP contribution in [0.4, 0.5) is 5.69 Å². The van der Waals surface area contributed by atoms with Crippen molar-refractivity contribution in [3.05, 3.63) is 35.9 Å². The van der Waals surface area contributed by atoms with Gasteiger partial charge in [-0.05, 0) is 18.2 Å². The molecule has 0 fully saturated rings. The average Bonchev–Trinajstić information content (AvgIpc) is 2.28. The van der Waals surface area contributed by atoms with Gasteiger partial charge < -0.3 is 11.1 Å². The highest BCUT2D eigenvalue weighted by molar-refractivity contribution is 8.00. The molecule has 1 aromatic rings. The number of carbonyl (C=O) groups excluding carboxylic acids is 1. The zero-order valence-corrected chi connectivity index (χ0v) is 10.3. The molecule has 0 radical (unpaired) electrons. The number of nitrogen functional groups attached to an aromatic ring is 1. The fourth-order valence-corrected chi connectivity index (χ4v) is 1.99. The van der Waals surface area contributed by atoms with Gasteiger partial charge in [0.15, 0.2) is 0 Å². The number of rotatable bonds is 5. The Balaban J connectivity index is 2.45. The molecule has 0 bridgehead atoms. The predicted molar refractivity (Wildman–Crippen MR) is 69.8 cm³/mol. The molecule has 0 saturated carbocycles. The lowest BCUT2D eigenvalue weighted by atomic mass is 10.3. The average molecular weight is 257 g/mol. The van der Waals surface area contributed by atoms with Gasteiger partial charge in [-0.15, -0.1) is 18.3 Å². The van der Waals surface area contributed by atoms with E-state index in [4.69, 9.17) is 17.3 Å². The van der Waals surface area contributed by atoms with Gasteiger partial charge in [0.1, 0.15) is 0 Å². The Hall–Kier alpha value is -1.13. The molecule has 0 aliphatic carbocycles. The second-order valence-corrected chi connectivity index (χ2v) is 4.52. The highest BCUT2D eigenvalue weighted by Crippen LogP contribution is 2.25. The number of amides is 1. The van der Waals surface area contributed by atoms with E-state index in [9.17, 15) is 4.79 Å². The summed E-state index contributed by atoms with van der Waals surface area (Å²) in [7, 11) is 0. The van der Waals surface area contributed by atoms with Gasteiger partial charge in [-0.2, -0.15) is 0 Å². The summed E-state index contributed by atoms with van der Waals surface area (Å²) in [5.41, 5.74) is 6.12. The van der Waals surface area contributed by atoms with Gasteiger partial charge in [0.2, 0.25) is 5.91 Å². The van der Waals surface area contributed by atoms with E-state index in [1.807, 2.05) is 6.07 Å². The summed E-state index contributed by atoms with van der Waals surface area (Å²) in [6, 6.07) is 5.32. The molecule has 3 N–H and O–H groups in total. The van der Waals surface area contributed by atoms with Crippen LogP contribution in [0.15, 0.2) is 35.7 Å². The number of benzene rings is 1. The van der Waals surface area contributed by atoms with Gasteiger partial charge in [-0.25, -0.2) is 0 Å². The summed E-state index contributed by atoms with van der Waals surface area (Å²) in [4.78, 5) is 12.2. The van der Waals surface area contributed by atoms with E-state index in [0.29, 0.717) is 23.0 Å². The summed E-state index contributed by atoms with van der Waals surface area (Å²) < 4.78 is 0. The Labute approximate surface area is 104 Å². The lowest BCUT2D eigenvalue weighted by molar-refractivity contribution is -0.118. The molecule has 0 aliphatic heterocycles. The van der Waals surface area contributed by atoms with Crippen LogP contribution in [0.1, 0.15) is 0 Å². The molecule has 1 aromatic carbocycles. The highest BCUT2D eigenvalue weighted by atomic mass is 35.5. The van der Waals surface area contributed by atoms with Crippen molar-refractivity contribution in [2.75, 3.05) is 18.0 Å². The molecule has 0 saturated heterocycles. The van der Waals surface area contributed by atoms with Gasteiger partial charge in [0.05, 0.1) is 16.5 Å². The third kappa shape index (κ3) is 4.16. The molecule has 5 heteroatoms. The number of nitrogens with two attached hydrogens (primary N) is 1. The maximum absolute atomic E-state index is 11.3. The Kier molecular flexibility index (Phi) is 5.22. The standard InChI is InChI=1S/C11H13ClN2OS/c1-2-5-14-11(15)7-16-8-3-4-10(13)9(12)6-8/h2-4,6H,1,5,7,13H2,(H,14,15). The molecule has 86 valence electrons. The van der Waals surface area contributed by atoms with Gasteiger partial charge in [-0.1, -0.05) is 17.7 Å². The first-order chi connectivity index (χ1) is 7.63. The third-order valence-corrected chi connectivity index (χ3v) is 3.11. The predicted octanol–water partition coefficient (Wildman–Crippen LogP) is 2.32. The fraction of sp³-hybridized carbons (Fsp3) is 0.182. The third-order valence-electron chi connectivity index (χ3n) is 1.79. The molecule has 0 aromatic heterocycles. The van der Waals surface area contributed by atoms with Crippen LogP contribution in [-0.4, -0.2) is 18.2 Å². The van der Waals surface area contributed by atoms with E-state index in [1.165, 1.54) is 11.8 Å². The molecule has 1 amide bonds. The molecule has 0 spiro atoms. The molecule has 0 atom stereocenters. The Morgan fingerprint density at radius 3 is 3.00 bits per heavy atom. The van der Waals surface area contributed by atoms with E-state index >= 15 is 0 Å². The minimum atomic E-state index is -0.0298. The minimum absolute atomic E-state index is 0.0298. The van der Waals surface area contributed by atoms with Crippen LogP contribution in [0.2, 0.25) is 5.02 Å². The van der Waals surface area contributed by atoms with E-state index in [0.717, 1.165) is 4.90 Å². The molecule has 1 rings (SSSR count). The molecular weight excluding hydrogens is 244 g/mol. The van der Waals surface area contributed by atoms with Crippen molar-refractivity contribution >= 4 is 35.0 Å². The van der Waals surface area contributed by atoms with Crippen LogP contribution < -0.4 is 11.1 Å². The topological polar surface area (TPSA) is 55.1 Å². The number of halogens is 1. The van der Waals surface area contributed by atoms with E-state index in [2.05, 4.69) is 11.9 Å². The maximum Gasteiger partial charge on any atom is 0.230 e. The van der Waals surface area contributed by atoms with Crippen molar-refractivity contribution in [3.8, 4) is 0 Å². The largest absolute Gasteiger partial charge is 0.398 e. The summed E-state index contributed by atoms with van der Waals surface area (Å²) in [6.45, 7) is 4.01. The fourth-order valence-electron chi connectivity index (χ4n) is 0.984. The van der Waals surface area contributed by atoms with Crippen LogP contribution in [0.25, 0.3) is 0 Å². The number of nitrogens with one attached hydrogen (secondary N) is 1. The Morgan fingerprint density at radius 2 is 2.38 bits per heavy atom. The van der Waals surface area contributed by atoms with Crippen molar-refractivity contribution < 1.29 is 4.79 Å². The number of hydrogen-bond acceptors (Lipinski definition) is 3. The molecule has 0 unspecified atom stereocenters. The van der Waals surface area contributed by atoms with Crippen molar-refractivity contribution in [1.82, 2.24) is 5.32 Å². The van der Waals surface area contributed by atoms with Crippen molar-refractivity contribution in [3.63, 3.8) is 0 Å². The quantitative estimate of drug-likeness (QED) is 0.483. The molecule has 0 heterocycles. The van der Waals surface area contributed by atoms with Crippen molar-refractivity contribution in [2.24, 2.45) is 0 Å². The van der Waals surface area contributed by atoms with E-state index in [1.54, 1.807) is 18.2 Å². The minimum Gasteiger partial charge on any atom is -0.398 e. The second-order valence-electron chi connectivity index (χ2n) is 3.06. The maximum atomic E-state index is 11.3. The number of thioether (sulfide) groups is 1. The zero-order chi connectivity index (χ0) is 12.0. The second kappa shape index (κ2) is 6.45. The first kappa shape index (κ1) is 12.9. The summed E-state index contributed by atoms with van der Waals surface area (Å²) in [5, 5.41) is 3.20. The van der Waals surface area contributed by atoms with Gasteiger partial charge >= 0.3 is 0 Å². The summed E-state index contributed by atoms with van der Waals surface area (Å²) >= 11 is 7.28. The summed E-state index contributed by atoms with van der Waals surface area (Å²) in [5.74, 6) is 0.325. The van der Waals surface area contributed by atoms with Gasteiger partial charge in [-0.3, -0.25) is 4.79 Å². The first-order valence-corrected chi connectivity index (χ1v) is 6.05. The van der Waals surface area contributed by atoms with E-state index in [-0.39, 0.29) is 5.91 Å². The van der Waals surface area contributed by atoms with E-state index < -0.39 is 0 Å². The number of hydrogen-bond donors (Lipinski definition) is 2. The van der Waals surface area contributed by atoms with Crippen LogP contribution in [0.5, 0.6) is 0 Å². The van der Waals surface area contributed by atoms with Crippen molar-refractivity contribution in [2.45, 2.75) is 4.90 Å². The lowest BCUT2D eigenvalue weighted by Gasteiger charge is -2.04. The number of carbonyl (C=O) groups is 1. The smallest absolute Gasteiger partial charge is 0.230 e. The molecule has 3 nitrogen and oxygen atoms in total. The van der Waals surface area contributed by atoms with Crippen LogP contribution in [0, 0.1) is 0 Å². The van der Waals surface area contributed by atoms with Crippen LogP contribution in [-0.2, 0) is 4.79 Å². The lowest BCUT2D eigenvalue weighted by Crippen LogP contribution is -2.24. The normalized spacial score (nSPS) is 9.81. The van der Waals surface area contributed by atoms with Crippen LogP contribution >= 0.6 is 23.4 Å². The zero-order valence-electron chi connectivity index (χ0n) is 8.70. The summed E-state index contributed by atoms with van der Waals surface area (Å²) in [6.07, 6.45) is 1.64. The number of anilines is 1. The van der Waals surface area contributed by atoms with Crippen LogP contribution in [0.3, 0.4) is 0 Å². The van der Waals surface area contributed by atoms with Gasteiger partial charge in [0, 0.05) is 11.4 Å². The van der Waals surface area contributed by atoms with Crippen molar-refractivity contribution in [1.29, 1.82) is 0 Å². The Bertz CT molecular complexity index is 396. The first-order valence-electron chi connectivity index (χ1n) is 4.69. The highest BCUT2D eigenvalue weighted by Gasteiger charge is 2.03. The molecule has 0 aliphatic rings. The van der Waals surface area contributed by atoms with Gasteiger partial charge in [0.25, 0.3) is 0 Å². The monoisotopic (exact) mass is 256 g/mol. The SMILES string of the molecule is C=CCNC(=O)CSc1ccc(N)c(Cl)c1.